The van der Waals surface area contributed by atoms with Crippen molar-refractivity contribution in [1.29, 1.82) is 0 Å². The standard InChI is InChI=1S/C13H23N3/c1-5-11(6-2)16(4)13-12(10(3)14)8-7-9-15-13/h7-11H,5-6,14H2,1-4H3/t10-/m0/s1. The van der Waals surface area contributed by atoms with Gasteiger partial charge in [0, 0.05) is 30.9 Å². The second-order valence-electron chi connectivity index (χ2n) is 4.29. The second kappa shape index (κ2) is 5.85. The largest absolute Gasteiger partial charge is 0.356 e. The van der Waals surface area contributed by atoms with Crippen molar-refractivity contribution in [2.45, 2.75) is 45.7 Å². The maximum atomic E-state index is 5.97. The van der Waals surface area contributed by atoms with Crippen LogP contribution in [0.1, 0.15) is 45.2 Å². The highest BCUT2D eigenvalue weighted by Gasteiger charge is 2.16. The normalized spacial score (nSPS) is 12.9. The molecule has 16 heavy (non-hydrogen) atoms. The Morgan fingerprint density at radius 2 is 2.00 bits per heavy atom. The molecule has 0 aliphatic rings. The minimum atomic E-state index is 0.0283. The molecule has 2 N–H and O–H groups in total. The molecular formula is C13H23N3. The van der Waals surface area contributed by atoms with E-state index >= 15 is 0 Å². The van der Waals surface area contributed by atoms with Crippen LogP contribution >= 0.6 is 0 Å². The molecule has 1 aromatic heterocycles. The summed E-state index contributed by atoms with van der Waals surface area (Å²) >= 11 is 0. The quantitative estimate of drug-likeness (QED) is 0.831. The average molecular weight is 221 g/mol. The topological polar surface area (TPSA) is 42.2 Å². The lowest BCUT2D eigenvalue weighted by atomic mass is 10.1. The van der Waals surface area contributed by atoms with E-state index in [0.717, 1.165) is 24.2 Å². The summed E-state index contributed by atoms with van der Waals surface area (Å²) in [6, 6.07) is 4.57. The molecule has 0 fully saturated rings. The lowest BCUT2D eigenvalue weighted by Crippen LogP contribution is -2.32. The first-order chi connectivity index (χ1) is 7.61. The van der Waals surface area contributed by atoms with Crippen LogP contribution in [0.3, 0.4) is 0 Å². The number of nitrogens with two attached hydrogens (primary N) is 1. The van der Waals surface area contributed by atoms with Crippen LogP contribution in [0.2, 0.25) is 0 Å². The van der Waals surface area contributed by atoms with Gasteiger partial charge in [0.15, 0.2) is 0 Å². The first-order valence-corrected chi connectivity index (χ1v) is 6.05. The van der Waals surface area contributed by atoms with E-state index in [2.05, 4.69) is 36.8 Å². The summed E-state index contributed by atoms with van der Waals surface area (Å²) in [6.45, 7) is 6.42. The monoisotopic (exact) mass is 221 g/mol. The van der Waals surface area contributed by atoms with Crippen molar-refractivity contribution in [2.75, 3.05) is 11.9 Å². The molecule has 0 spiro atoms. The molecule has 1 rings (SSSR count). The van der Waals surface area contributed by atoms with Gasteiger partial charge >= 0.3 is 0 Å². The van der Waals surface area contributed by atoms with Crippen LogP contribution in [-0.4, -0.2) is 18.1 Å². The minimum Gasteiger partial charge on any atom is -0.356 e. The predicted octanol–water partition coefficient (Wildman–Crippen LogP) is 2.73. The smallest absolute Gasteiger partial charge is 0.133 e. The summed E-state index contributed by atoms with van der Waals surface area (Å²) in [5, 5.41) is 0. The van der Waals surface area contributed by atoms with E-state index in [1.165, 1.54) is 0 Å². The van der Waals surface area contributed by atoms with Crippen LogP contribution in [-0.2, 0) is 0 Å². The number of anilines is 1. The number of pyridine rings is 1. The van der Waals surface area contributed by atoms with E-state index in [1.807, 2.05) is 19.2 Å². The molecule has 0 bridgehead atoms. The molecule has 0 aliphatic heterocycles. The van der Waals surface area contributed by atoms with E-state index in [4.69, 9.17) is 5.73 Å². The Balaban J connectivity index is 3.02. The Hall–Kier alpha value is -1.09. The van der Waals surface area contributed by atoms with Crippen LogP contribution in [0.15, 0.2) is 18.3 Å². The van der Waals surface area contributed by atoms with Gasteiger partial charge in [-0.3, -0.25) is 0 Å². The van der Waals surface area contributed by atoms with Crippen LogP contribution < -0.4 is 10.6 Å². The molecule has 1 heterocycles. The average Bonchev–Trinajstić information content (AvgIpc) is 2.30. The number of rotatable bonds is 5. The van der Waals surface area contributed by atoms with Gasteiger partial charge in [-0.25, -0.2) is 4.98 Å². The Bertz CT molecular complexity index is 319. The molecular weight excluding hydrogens is 198 g/mol. The van der Waals surface area contributed by atoms with E-state index in [9.17, 15) is 0 Å². The van der Waals surface area contributed by atoms with E-state index < -0.39 is 0 Å². The van der Waals surface area contributed by atoms with Gasteiger partial charge < -0.3 is 10.6 Å². The summed E-state index contributed by atoms with van der Waals surface area (Å²) in [5.74, 6) is 1.02. The van der Waals surface area contributed by atoms with Crippen molar-refractivity contribution >= 4 is 5.82 Å². The van der Waals surface area contributed by atoms with E-state index in [1.54, 1.807) is 0 Å². The van der Waals surface area contributed by atoms with Gasteiger partial charge in [-0.2, -0.15) is 0 Å². The third kappa shape index (κ3) is 2.73. The number of aromatic nitrogens is 1. The molecule has 0 unspecified atom stereocenters. The van der Waals surface area contributed by atoms with Crippen molar-refractivity contribution in [1.82, 2.24) is 4.98 Å². The number of nitrogens with zero attached hydrogens (tertiary/aromatic N) is 2. The fourth-order valence-electron chi connectivity index (χ4n) is 2.07. The highest BCUT2D eigenvalue weighted by atomic mass is 15.2. The molecule has 90 valence electrons. The zero-order valence-corrected chi connectivity index (χ0v) is 10.8. The maximum Gasteiger partial charge on any atom is 0.133 e. The molecule has 1 aromatic rings. The lowest BCUT2D eigenvalue weighted by molar-refractivity contribution is 0.582. The Labute approximate surface area is 98.7 Å². The van der Waals surface area contributed by atoms with Crippen molar-refractivity contribution in [3.8, 4) is 0 Å². The second-order valence-corrected chi connectivity index (χ2v) is 4.29. The Kier molecular flexibility index (Phi) is 4.74. The first-order valence-electron chi connectivity index (χ1n) is 6.05. The SMILES string of the molecule is CCC(CC)N(C)c1ncccc1[C@H](C)N. The van der Waals surface area contributed by atoms with Crippen molar-refractivity contribution in [3.63, 3.8) is 0 Å². The highest BCUT2D eigenvalue weighted by Crippen LogP contribution is 2.24. The molecule has 0 saturated carbocycles. The van der Waals surface area contributed by atoms with E-state index in [0.29, 0.717) is 6.04 Å². The fraction of sp³-hybridized carbons (Fsp3) is 0.615. The summed E-state index contributed by atoms with van der Waals surface area (Å²) in [6.07, 6.45) is 4.09. The van der Waals surface area contributed by atoms with Gasteiger partial charge in [0.1, 0.15) is 5.82 Å². The van der Waals surface area contributed by atoms with Gasteiger partial charge in [-0.05, 0) is 25.8 Å². The van der Waals surface area contributed by atoms with Crippen molar-refractivity contribution in [3.05, 3.63) is 23.9 Å². The summed E-state index contributed by atoms with van der Waals surface area (Å²) in [7, 11) is 2.10. The van der Waals surface area contributed by atoms with Gasteiger partial charge in [-0.1, -0.05) is 19.9 Å². The molecule has 0 radical (unpaired) electrons. The first kappa shape index (κ1) is 13.0. The highest BCUT2D eigenvalue weighted by molar-refractivity contribution is 5.48. The van der Waals surface area contributed by atoms with Crippen LogP contribution in [0.25, 0.3) is 0 Å². The van der Waals surface area contributed by atoms with Gasteiger partial charge in [0.25, 0.3) is 0 Å². The number of hydrogen-bond donors (Lipinski definition) is 1. The maximum absolute atomic E-state index is 5.97. The van der Waals surface area contributed by atoms with Gasteiger partial charge in [0.05, 0.1) is 0 Å². The molecule has 0 saturated heterocycles. The lowest BCUT2D eigenvalue weighted by Gasteiger charge is -2.29. The third-order valence-electron chi connectivity index (χ3n) is 3.13. The van der Waals surface area contributed by atoms with E-state index in [-0.39, 0.29) is 6.04 Å². The van der Waals surface area contributed by atoms with Crippen LogP contribution in [0, 0.1) is 0 Å². The molecule has 1 atom stereocenters. The van der Waals surface area contributed by atoms with Crippen molar-refractivity contribution in [2.24, 2.45) is 5.73 Å². The summed E-state index contributed by atoms with van der Waals surface area (Å²) in [5.41, 5.74) is 7.09. The van der Waals surface area contributed by atoms with Gasteiger partial charge in [0.2, 0.25) is 0 Å². The van der Waals surface area contributed by atoms with Crippen LogP contribution in [0.4, 0.5) is 5.82 Å². The molecule has 3 heteroatoms. The third-order valence-corrected chi connectivity index (χ3v) is 3.13. The molecule has 0 amide bonds. The molecule has 0 aliphatic carbocycles. The number of hydrogen-bond acceptors (Lipinski definition) is 3. The van der Waals surface area contributed by atoms with Crippen LogP contribution in [0.5, 0.6) is 0 Å². The fourth-order valence-corrected chi connectivity index (χ4v) is 2.07. The zero-order valence-electron chi connectivity index (χ0n) is 10.8. The predicted molar refractivity (Wildman–Crippen MR) is 69.6 cm³/mol. The molecule has 3 nitrogen and oxygen atoms in total. The summed E-state index contributed by atoms with van der Waals surface area (Å²) in [4.78, 5) is 6.71. The molecule has 0 aromatic carbocycles. The Morgan fingerprint density at radius 1 is 1.38 bits per heavy atom. The zero-order chi connectivity index (χ0) is 12.1. The Morgan fingerprint density at radius 3 is 2.50 bits per heavy atom. The minimum absolute atomic E-state index is 0.0283. The summed E-state index contributed by atoms with van der Waals surface area (Å²) < 4.78 is 0. The van der Waals surface area contributed by atoms with Crippen molar-refractivity contribution < 1.29 is 0 Å². The van der Waals surface area contributed by atoms with Gasteiger partial charge in [-0.15, -0.1) is 0 Å².